The molecule has 4 bridgehead atoms. The molecule has 2 aromatic rings. The molecule has 7 N–H and O–H groups in total. The number of nitrogens with zero attached hydrogens (tertiary/aromatic N) is 1. The summed E-state index contributed by atoms with van der Waals surface area (Å²) in [5, 5.41) is 16.0. The Morgan fingerprint density at radius 1 is 1.19 bits per heavy atom. The maximum absolute atomic E-state index is 13.3. The summed E-state index contributed by atoms with van der Waals surface area (Å²) in [7, 11) is 1.45. The van der Waals surface area contributed by atoms with Gasteiger partial charge in [0.15, 0.2) is 5.78 Å². The standard InChI is InChI=1S/C26H33N5O6/c1-14(28)26(36)31(3)24-17-5-7-22(37-9-8-27)19(12-17)18-10-16(4-6-21(18)33)11-20(15(2)32)30-23(34)13-29-25(24)35/h4-7,10,12,14,20,24,33H,8-9,11,13,27-28H2,1-3H3,(H,29,35)(H,30,34)/t14-,20-,24-/m0/s1. The van der Waals surface area contributed by atoms with E-state index in [1.165, 1.54) is 31.9 Å². The number of phenolic OH excluding ortho intramolecular Hbond substituents is 1. The molecular formula is C26H33N5O6. The van der Waals surface area contributed by atoms with Crippen LogP contribution in [-0.2, 0) is 25.6 Å². The molecule has 3 atom stereocenters. The van der Waals surface area contributed by atoms with Crippen molar-refractivity contribution in [3.8, 4) is 22.6 Å². The molecule has 0 saturated carbocycles. The van der Waals surface area contributed by atoms with Crippen molar-refractivity contribution in [1.82, 2.24) is 15.5 Å². The first-order valence-electron chi connectivity index (χ1n) is 11.9. The van der Waals surface area contributed by atoms with Crippen molar-refractivity contribution in [3.63, 3.8) is 0 Å². The van der Waals surface area contributed by atoms with Gasteiger partial charge in [-0.25, -0.2) is 0 Å². The number of nitrogens with two attached hydrogens (primary N) is 2. The summed E-state index contributed by atoms with van der Waals surface area (Å²) in [6.45, 7) is 2.93. The molecule has 0 saturated heterocycles. The van der Waals surface area contributed by atoms with Gasteiger partial charge in [-0.15, -0.1) is 0 Å². The van der Waals surface area contributed by atoms with Crippen LogP contribution in [0.25, 0.3) is 11.1 Å². The van der Waals surface area contributed by atoms with E-state index in [2.05, 4.69) is 10.6 Å². The molecule has 198 valence electrons. The number of carbonyl (C=O) groups excluding carboxylic acids is 4. The number of rotatable bonds is 6. The van der Waals surface area contributed by atoms with Crippen molar-refractivity contribution in [2.75, 3.05) is 26.7 Å². The van der Waals surface area contributed by atoms with Crippen LogP contribution < -0.4 is 26.8 Å². The molecule has 11 nitrogen and oxygen atoms in total. The molecule has 0 spiro atoms. The molecule has 0 fully saturated rings. The molecule has 37 heavy (non-hydrogen) atoms. The quantitative estimate of drug-likeness (QED) is 0.359. The second-order valence-electron chi connectivity index (χ2n) is 9.04. The lowest BCUT2D eigenvalue weighted by Gasteiger charge is -2.30. The van der Waals surface area contributed by atoms with Crippen LogP contribution >= 0.6 is 0 Å². The van der Waals surface area contributed by atoms with Gasteiger partial charge in [-0.1, -0.05) is 12.1 Å². The molecule has 1 heterocycles. The fourth-order valence-corrected chi connectivity index (χ4v) is 4.19. The Labute approximate surface area is 215 Å². The van der Waals surface area contributed by atoms with Crippen molar-refractivity contribution >= 4 is 23.5 Å². The SMILES string of the molecule is CC(=O)[C@@H]1Cc2ccc(O)c(c2)-c2cc(ccc2OCCN)[C@H](N(C)C(=O)[C@H](C)N)C(=O)NCC(=O)N1. The van der Waals surface area contributed by atoms with E-state index in [9.17, 15) is 24.3 Å². The second-order valence-corrected chi connectivity index (χ2v) is 9.04. The van der Waals surface area contributed by atoms with Crippen LogP contribution in [0.4, 0.5) is 0 Å². The van der Waals surface area contributed by atoms with Crippen LogP contribution in [0.2, 0.25) is 0 Å². The highest BCUT2D eigenvalue weighted by atomic mass is 16.5. The summed E-state index contributed by atoms with van der Waals surface area (Å²) in [5.74, 6) is -1.59. The van der Waals surface area contributed by atoms with Crippen molar-refractivity contribution in [2.45, 2.75) is 38.4 Å². The van der Waals surface area contributed by atoms with Gasteiger partial charge in [0.1, 0.15) is 24.1 Å². The monoisotopic (exact) mass is 511 g/mol. The summed E-state index contributed by atoms with van der Waals surface area (Å²) in [6, 6.07) is 6.89. The number of fused-ring (bicyclic) bond motifs is 5. The third-order valence-corrected chi connectivity index (χ3v) is 6.11. The van der Waals surface area contributed by atoms with Crippen molar-refractivity contribution in [3.05, 3.63) is 47.5 Å². The number of aromatic hydroxyl groups is 1. The average molecular weight is 512 g/mol. The van der Waals surface area contributed by atoms with Crippen LogP contribution in [-0.4, -0.2) is 72.3 Å². The zero-order chi connectivity index (χ0) is 27.3. The summed E-state index contributed by atoms with van der Waals surface area (Å²) in [6.07, 6.45) is 0.176. The zero-order valence-electron chi connectivity index (χ0n) is 21.1. The van der Waals surface area contributed by atoms with Crippen molar-refractivity contribution < 1.29 is 29.0 Å². The number of ether oxygens (including phenoxy) is 1. The average Bonchev–Trinajstić information content (AvgIpc) is 2.86. The van der Waals surface area contributed by atoms with Crippen LogP contribution in [0, 0.1) is 0 Å². The molecule has 3 amide bonds. The van der Waals surface area contributed by atoms with E-state index in [1.54, 1.807) is 30.3 Å². The Morgan fingerprint density at radius 3 is 2.57 bits per heavy atom. The minimum Gasteiger partial charge on any atom is -0.507 e. The molecule has 3 rings (SSSR count). The van der Waals surface area contributed by atoms with Crippen LogP contribution in [0.15, 0.2) is 36.4 Å². The number of nitrogens with one attached hydrogen (secondary N) is 2. The van der Waals surface area contributed by atoms with Gasteiger partial charge >= 0.3 is 0 Å². The van der Waals surface area contributed by atoms with E-state index in [0.29, 0.717) is 28.0 Å². The van der Waals surface area contributed by atoms with Crippen LogP contribution in [0.5, 0.6) is 11.5 Å². The fraction of sp³-hybridized carbons (Fsp3) is 0.385. The number of amides is 3. The molecule has 0 radical (unpaired) electrons. The van der Waals surface area contributed by atoms with E-state index < -0.39 is 42.4 Å². The number of likely N-dealkylation sites (N-methyl/N-ethyl adjacent to an activating group) is 1. The predicted molar refractivity (Wildman–Crippen MR) is 137 cm³/mol. The van der Waals surface area contributed by atoms with Gasteiger partial charge in [0.25, 0.3) is 0 Å². The number of phenols is 1. The van der Waals surface area contributed by atoms with E-state index in [0.717, 1.165) is 0 Å². The highest BCUT2D eigenvalue weighted by Crippen LogP contribution is 2.39. The van der Waals surface area contributed by atoms with Gasteiger partial charge in [0, 0.05) is 24.7 Å². The lowest BCUT2D eigenvalue weighted by atomic mass is 9.93. The number of benzene rings is 2. The largest absolute Gasteiger partial charge is 0.507 e. The zero-order valence-corrected chi connectivity index (χ0v) is 21.1. The third kappa shape index (κ3) is 6.43. The first-order chi connectivity index (χ1) is 17.5. The van der Waals surface area contributed by atoms with Gasteiger partial charge in [-0.3, -0.25) is 19.2 Å². The highest BCUT2D eigenvalue weighted by Gasteiger charge is 2.32. The number of hydrogen-bond donors (Lipinski definition) is 5. The number of Topliss-reactive ketones (excluding diaryl/α,β-unsaturated/α-hetero) is 1. The lowest BCUT2D eigenvalue weighted by Crippen LogP contribution is -2.50. The fourth-order valence-electron chi connectivity index (χ4n) is 4.19. The van der Waals surface area contributed by atoms with Gasteiger partial charge < -0.3 is 36.8 Å². The molecule has 1 aliphatic heterocycles. The minimum absolute atomic E-state index is 0.0602. The number of hydrogen-bond acceptors (Lipinski definition) is 8. The summed E-state index contributed by atoms with van der Waals surface area (Å²) in [5.41, 5.74) is 13.4. The van der Waals surface area contributed by atoms with Gasteiger partial charge in [0.2, 0.25) is 17.7 Å². The van der Waals surface area contributed by atoms with Crippen LogP contribution in [0.1, 0.15) is 31.0 Å². The summed E-state index contributed by atoms with van der Waals surface area (Å²) >= 11 is 0. The Hall–Kier alpha value is -3.96. The van der Waals surface area contributed by atoms with Crippen LogP contribution in [0.3, 0.4) is 0 Å². The Balaban J connectivity index is 2.25. The number of carbonyl (C=O) groups is 4. The Bertz CT molecular complexity index is 1200. The molecule has 0 aromatic heterocycles. The van der Waals surface area contributed by atoms with Gasteiger partial charge in [-0.2, -0.15) is 0 Å². The molecule has 11 heteroatoms. The smallest absolute Gasteiger partial charge is 0.247 e. The number of ketones is 1. The van der Waals surface area contributed by atoms with E-state index in [-0.39, 0.29) is 31.1 Å². The molecule has 0 aliphatic carbocycles. The second kappa shape index (κ2) is 11.8. The van der Waals surface area contributed by atoms with Gasteiger partial charge in [0.05, 0.1) is 18.6 Å². The van der Waals surface area contributed by atoms with E-state index in [4.69, 9.17) is 16.2 Å². The van der Waals surface area contributed by atoms with Crippen molar-refractivity contribution in [2.24, 2.45) is 11.5 Å². The molecule has 2 aromatic carbocycles. The van der Waals surface area contributed by atoms with E-state index >= 15 is 0 Å². The summed E-state index contributed by atoms with van der Waals surface area (Å²) in [4.78, 5) is 52.2. The minimum atomic E-state index is -1.15. The Morgan fingerprint density at radius 2 is 1.92 bits per heavy atom. The van der Waals surface area contributed by atoms with Gasteiger partial charge in [-0.05, 0) is 55.7 Å². The molecule has 0 unspecified atom stereocenters. The maximum atomic E-state index is 13.3. The first kappa shape index (κ1) is 27.6. The predicted octanol–water partition coefficient (Wildman–Crippen LogP) is -0.0105. The highest BCUT2D eigenvalue weighted by molar-refractivity contribution is 5.94. The third-order valence-electron chi connectivity index (χ3n) is 6.11. The lowest BCUT2D eigenvalue weighted by molar-refractivity contribution is -0.140. The molecular weight excluding hydrogens is 478 g/mol. The maximum Gasteiger partial charge on any atom is 0.247 e. The van der Waals surface area contributed by atoms with Crippen molar-refractivity contribution in [1.29, 1.82) is 0 Å². The first-order valence-corrected chi connectivity index (χ1v) is 11.9. The summed E-state index contributed by atoms with van der Waals surface area (Å²) < 4.78 is 5.82. The topological polar surface area (TPSA) is 177 Å². The normalized spacial score (nSPS) is 18.6. The molecule has 1 aliphatic rings. The Kier molecular flexibility index (Phi) is 8.85. The van der Waals surface area contributed by atoms with E-state index in [1.807, 2.05) is 0 Å².